The monoisotopic (exact) mass is 298 g/mol. The first-order valence-corrected chi connectivity index (χ1v) is 7.76. The second-order valence-corrected chi connectivity index (χ2v) is 5.59. The van der Waals surface area contributed by atoms with Crippen LogP contribution in [0.4, 0.5) is 0 Å². The second kappa shape index (κ2) is 6.32. The Labute approximate surface area is 130 Å². The molecule has 0 radical (unpaired) electrons. The molecule has 2 heterocycles. The topological polar surface area (TPSA) is 65.4 Å². The molecular weight excluding hydrogens is 276 g/mol. The Balaban J connectivity index is 2.13. The molecule has 0 fully saturated rings. The normalized spacial score (nSPS) is 11.4. The molecule has 0 aliphatic heterocycles. The standard InChI is InChI=1S/C17H22N4O/c1-12-11-16-20-19-15(9-4-3-5-10-18)21(16)17-13(12)7-6-8-14(17)22-2/h6-8,11H,3-5,9-10,18H2,1-2H3. The van der Waals surface area contributed by atoms with Crippen molar-refractivity contribution in [2.24, 2.45) is 5.73 Å². The van der Waals surface area contributed by atoms with E-state index in [0.717, 1.165) is 55.0 Å². The Bertz CT molecular complexity index is 794. The number of nitrogens with zero attached hydrogens (tertiary/aromatic N) is 3. The molecule has 5 heteroatoms. The van der Waals surface area contributed by atoms with Gasteiger partial charge < -0.3 is 10.5 Å². The van der Waals surface area contributed by atoms with Crippen molar-refractivity contribution in [1.82, 2.24) is 14.6 Å². The highest BCUT2D eigenvalue weighted by Gasteiger charge is 2.14. The van der Waals surface area contributed by atoms with E-state index in [-0.39, 0.29) is 0 Å². The van der Waals surface area contributed by atoms with E-state index in [9.17, 15) is 0 Å². The molecule has 22 heavy (non-hydrogen) atoms. The van der Waals surface area contributed by atoms with Gasteiger partial charge in [0.2, 0.25) is 0 Å². The molecule has 0 saturated carbocycles. The Morgan fingerprint density at radius 3 is 2.82 bits per heavy atom. The van der Waals surface area contributed by atoms with Crippen LogP contribution in [-0.2, 0) is 6.42 Å². The number of pyridine rings is 1. The predicted octanol–water partition coefficient (Wildman–Crippen LogP) is 2.87. The zero-order chi connectivity index (χ0) is 15.5. The third-order valence-electron chi connectivity index (χ3n) is 4.07. The number of aromatic nitrogens is 3. The van der Waals surface area contributed by atoms with Gasteiger partial charge in [-0.05, 0) is 44.0 Å². The summed E-state index contributed by atoms with van der Waals surface area (Å²) in [6.45, 7) is 2.84. The molecule has 0 amide bonds. The lowest BCUT2D eigenvalue weighted by Crippen LogP contribution is -2.01. The van der Waals surface area contributed by atoms with Gasteiger partial charge in [0, 0.05) is 11.8 Å². The van der Waals surface area contributed by atoms with Crippen molar-refractivity contribution in [1.29, 1.82) is 0 Å². The van der Waals surface area contributed by atoms with Crippen LogP contribution >= 0.6 is 0 Å². The molecule has 3 aromatic rings. The van der Waals surface area contributed by atoms with E-state index in [1.807, 2.05) is 12.1 Å². The van der Waals surface area contributed by atoms with Crippen molar-refractivity contribution in [2.45, 2.75) is 32.6 Å². The number of hydrogen-bond acceptors (Lipinski definition) is 4. The third kappa shape index (κ3) is 2.52. The summed E-state index contributed by atoms with van der Waals surface area (Å²) in [7, 11) is 1.70. The van der Waals surface area contributed by atoms with E-state index in [1.165, 1.54) is 10.9 Å². The van der Waals surface area contributed by atoms with Crippen LogP contribution in [0.5, 0.6) is 5.75 Å². The predicted molar refractivity (Wildman–Crippen MR) is 88.4 cm³/mol. The SMILES string of the molecule is COc1cccc2c(C)cc3nnc(CCCCCN)n3c12. The van der Waals surface area contributed by atoms with E-state index in [1.54, 1.807) is 7.11 Å². The summed E-state index contributed by atoms with van der Waals surface area (Å²) in [6, 6.07) is 8.20. The van der Waals surface area contributed by atoms with Gasteiger partial charge in [0.25, 0.3) is 0 Å². The highest BCUT2D eigenvalue weighted by atomic mass is 16.5. The Morgan fingerprint density at radius 1 is 1.18 bits per heavy atom. The first-order valence-electron chi connectivity index (χ1n) is 7.76. The quantitative estimate of drug-likeness (QED) is 0.711. The largest absolute Gasteiger partial charge is 0.495 e. The summed E-state index contributed by atoms with van der Waals surface area (Å²) in [5.74, 6) is 1.84. The van der Waals surface area contributed by atoms with Crippen molar-refractivity contribution >= 4 is 16.6 Å². The minimum Gasteiger partial charge on any atom is -0.495 e. The average molecular weight is 298 g/mol. The number of benzene rings is 1. The fraction of sp³-hybridized carbons (Fsp3) is 0.412. The lowest BCUT2D eigenvalue weighted by molar-refractivity contribution is 0.418. The van der Waals surface area contributed by atoms with Crippen LogP contribution in [0, 0.1) is 6.92 Å². The van der Waals surface area contributed by atoms with Crippen LogP contribution in [0.15, 0.2) is 24.3 Å². The molecule has 0 unspecified atom stereocenters. The van der Waals surface area contributed by atoms with Gasteiger partial charge in [-0.15, -0.1) is 10.2 Å². The zero-order valence-corrected chi connectivity index (χ0v) is 13.2. The molecule has 2 N–H and O–H groups in total. The zero-order valence-electron chi connectivity index (χ0n) is 13.2. The number of methoxy groups -OCH3 is 1. The first-order chi connectivity index (χ1) is 10.8. The maximum Gasteiger partial charge on any atom is 0.161 e. The van der Waals surface area contributed by atoms with Crippen LogP contribution in [-0.4, -0.2) is 28.3 Å². The smallest absolute Gasteiger partial charge is 0.161 e. The summed E-state index contributed by atoms with van der Waals surface area (Å²) >= 11 is 0. The fourth-order valence-electron chi connectivity index (χ4n) is 2.94. The van der Waals surface area contributed by atoms with Gasteiger partial charge in [0.05, 0.1) is 12.6 Å². The number of rotatable bonds is 6. The number of fused-ring (bicyclic) bond motifs is 3. The van der Waals surface area contributed by atoms with Crippen LogP contribution in [0.2, 0.25) is 0 Å². The summed E-state index contributed by atoms with van der Waals surface area (Å²) < 4.78 is 7.69. The molecule has 0 aliphatic carbocycles. The third-order valence-corrected chi connectivity index (χ3v) is 4.07. The minimum atomic E-state index is 0.747. The van der Waals surface area contributed by atoms with Gasteiger partial charge in [-0.3, -0.25) is 4.40 Å². The molecule has 0 atom stereocenters. The number of aryl methyl sites for hydroxylation is 2. The molecular formula is C17H22N4O. The fourth-order valence-corrected chi connectivity index (χ4v) is 2.94. The summed E-state index contributed by atoms with van der Waals surface area (Å²) in [6.07, 6.45) is 4.14. The van der Waals surface area contributed by atoms with Gasteiger partial charge in [-0.2, -0.15) is 0 Å². The molecule has 3 rings (SSSR count). The molecule has 0 aliphatic rings. The minimum absolute atomic E-state index is 0.747. The molecule has 5 nitrogen and oxygen atoms in total. The molecule has 0 bridgehead atoms. The van der Waals surface area contributed by atoms with Crippen LogP contribution in [0.3, 0.4) is 0 Å². The number of ether oxygens (including phenoxy) is 1. The van der Waals surface area contributed by atoms with E-state index in [2.05, 4.69) is 33.7 Å². The van der Waals surface area contributed by atoms with Crippen molar-refractivity contribution in [2.75, 3.05) is 13.7 Å². The van der Waals surface area contributed by atoms with Gasteiger partial charge >= 0.3 is 0 Å². The highest BCUT2D eigenvalue weighted by molar-refractivity contribution is 5.90. The highest BCUT2D eigenvalue weighted by Crippen LogP contribution is 2.29. The van der Waals surface area contributed by atoms with E-state index in [4.69, 9.17) is 10.5 Å². The number of unbranched alkanes of at least 4 members (excludes halogenated alkanes) is 2. The number of hydrogen-bond donors (Lipinski definition) is 1. The maximum atomic E-state index is 5.57. The van der Waals surface area contributed by atoms with E-state index in [0.29, 0.717) is 0 Å². The summed E-state index contributed by atoms with van der Waals surface area (Å²) in [5, 5.41) is 9.90. The Kier molecular flexibility index (Phi) is 4.24. The Morgan fingerprint density at radius 2 is 2.05 bits per heavy atom. The number of nitrogens with two attached hydrogens (primary N) is 1. The lowest BCUT2D eigenvalue weighted by atomic mass is 10.1. The van der Waals surface area contributed by atoms with Crippen molar-refractivity contribution in [3.8, 4) is 5.75 Å². The molecule has 1 aromatic carbocycles. The summed E-state index contributed by atoms with van der Waals surface area (Å²) in [5.41, 5.74) is 8.67. The number of para-hydroxylation sites is 1. The van der Waals surface area contributed by atoms with Gasteiger partial charge in [-0.1, -0.05) is 18.6 Å². The van der Waals surface area contributed by atoms with Crippen molar-refractivity contribution < 1.29 is 4.74 Å². The van der Waals surface area contributed by atoms with E-state index >= 15 is 0 Å². The van der Waals surface area contributed by atoms with Gasteiger partial charge in [0.15, 0.2) is 5.65 Å². The molecule has 0 saturated heterocycles. The molecule has 0 spiro atoms. The van der Waals surface area contributed by atoms with Crippen LogP contribution in [0.25, 0.3) is 16.6 Å². The van der Waals surface area contributed by atoms with Crippen LogP contribution < -0.4 is 10.5 Å². The Hall–Kier alpha value is -2.14. The van der Waals surface area contributed by atoms with Crippen molar-refractivity contribution in [3.63, 3.8) is 0 Å². The van der Waals surface area contributed by atoms with Gasteiger partial charge in [0.1, 0.15) is 11.6 Å². The van der Waals surface area contributed by atoms with Crippen LogP contribution in [0.1, 0.15) is 30.7 Å². The summed E-state index contributed by atoms with van der Waals surface area (Å²) in [4.78, 5) is 0. The lowest BCUT2D eigenvalue weighted by Gasteiger charge is -2.11. The van der Waals surface area contributed by atoms with Crippen molar-refractivity contribution in [3.05, 3.63) is 35.7 Å². The first kappa shape index (κ1) is 14.8. The maximum absolute atomic E-state index is 5.57. The second-order valence-electron chi connectivity index (χ2n) is 5.59. The average Bonchev–Trinajstić information content (AvgIpc) is 2.94. The molecule has 116 valence electrons. The van der Waals surface area contributed by atoms with E-state index < -0.39 is 0 Å². The molecule has 2 aromatic heterocycles. The van der Waals surface area contributed by atoms with Gasteiger partial charge in [-0.25, -0.2) is 0 Å².